The molecule has 2 rings (SSSR count). The monoisotopic (exact) mass is 363 g/mol. The zero-order chi connectivity index (χ0) is 12.7. The number of rotatable bonds is 0. The Morgan fingerprint density at radius 3 is 2.76 bits per heavy atom. The van der Waals surface area contributed by atoms with Crippen molar-refractivity contribution in [2.45, 2.75) is 32.7 Å². The minimum absolute atomic E-state index is 0.0103. The zero-order valence-corrected chi connectivity index (χ0v) is 12.7. The highest BCUT2D eigenvalue weighted by atomic mass is 79.9. The first-order valence-electron chi connectivity index (χ1n) is 5.39. The SMILES string of the molecule is CC(=O)N1c2cc(Br)c(F)c(Br)c2CCC1C. The molecule has 1 aliphatic heterocycles. The van der Waals surface area contributed by atoms with Crippen molar-refractivity contribution in [2.24, 2.45) is 0 Å². The second-order valence-electron chi connectivity index (χ2n) is 4.26. The lowest BCUT2D eigenvalue weighted by Crippen LogP contribution is -2.41. The lowest BCUT2D eigenvalue weighted by atomic mass is 9.96. The van der Waals surface area contributed by atoms with Gasteiger partial charge in [-0.25, -0.2) is 4.39 Å². The van der Waals surface area contributed by atoms with E-state index in [-0.39, 0.29) is 17.8 Å². The van der Waals surface area contributed by atoms with Gasteiger partial charge in [0.05, 0.1) is 8.95 Å². The van der Waals surface area contributed by atoms with Crippen LogP contribution in [0.3, 0.4) is 0 Å². The molecule has 1 heterocycles. The van der Waals surface area contributed by atoms with Crippen LogP contribution in [0.15, 0.2) is 15.0 Å². The summed E-state index contributed by atoms with van der Waals surface area (Å²) in [5, 5.41) is 0. The summed E-state index contributed by atoms with van der Waals surface area (Å²) in [7, 11) is 0. The van der Waals surface area contributed by atoms with Gasteiger partial charge in [-0.05, 0) is 63.3 Å². The number of carbonyl (C=O) groups is 1. The third kappa shape index (κ3) is 2.15. The van der Waals surface area contributed by atoms with Crippen molar-refractivity contribution >= 4 is 43.5 Å². The summed E-state index contributed by atoms with van der Waals surface area (Å²) in [6.45, 7) is 3.55. The van der Waals surface area contributed by atoms with Crippen molar-refractivity contribution in [1.29, 1.82) is 0 Å². The van der Waals surface area contributed by atoms with Crippen LogP contribution in [0.25, 0.3) is 0 Å². The highest BCUT2D eigenvalue weighted by Crippen LogP contribution is 2.40. The number of hydrogen-bond acceptors (Lipinski definition) is 1. The van der Waals surface area contributed by atoms with Crippen LogP contribution in [0.5, 0.6) is 0 Å². The molecule has 0 fully saturated rings. The predicted molar refractivity (Wildman–Crippen MR) is 72.7 cm³/mol. The van der Waals surface area contributed by atoms with Gasteiger partial charge in [-0.2, -0.15) is 0 Å². The lowest BCUT2D eigenvalue weighted by molar-refractivity contribution is -0.117. The molecule has 1 unspecified atom stereocenters. The molecule has 1 aromatic carbocycles. The molecule has 92 valence electrons. The summed E-state index contributed by atoms with van der Waals surface area (Å²) in [4.78, 5) is 13.4. The minimum atomic E-state index is -0.304. The first-order valence-corrected chi connectivity index (χ1v) is 6.98. The quantitative estimate of drug-likeness (QED) is 0.636. The van der Waals surface area contributed by atoms with Gasteiger partial charge in [-0.3, -0.25) is 4.79 Å². The minimum Gasteiger partial charge on any atom is -0.310 e. The van der Waals surface area contributed by atoms with Gasteiger partial charge in [0.1, 0.15) is 0 Å². The summed E-state index contributed by atoms with van der Waals surface area (Å²) in [6.07, 6.45) is 1.64. The van der Waals surface area contributed by atoms with E-state index in [0.29, 0.717) is 8.95 Å². The summed E-state index contributed by atoms with van der Waals surface area (Å²) >= 11 is 6.45. The Morgan fingerprint density at radius 2 is 2.18 bits per heavy atom. The number of halogens is 3. The third-order valence-corrected chi connectivity index (χ3v) is 4.50. The number of anilines is 1. The van der Waals surface area contributed by atoms with E-state index in [4.69, 9.17) is 0 Å². The first kappa shape index (κ1) is 13.0. The Hall–Kier alpha value is -0.420. The van der Waals surface area contributed by atoms with Gasteiger partial charge >= 0.3 is 0 Å². The predicted octanol–water partition coefficient (Wildman–Crippen LogP) is 4.04. The average Bonchev–Trinajstić information content (AvgIpc) is 2.25. The molecule has 5 heteroatoms. The molecule has 0 spiro atoms. The fourth-order valence-corrected chi connectivity index (χ4v) is 3.57. The highest BCUT2D eigenvalue weighted by Gasteiger charge is 2.29. The topological polar surface area (TPSA) is 20.3 Å². The molecule has 2 nitrogen and oxygen atoms in total. The summed E-state index contributed by atoms with van der Waals surface area (Å²) in [5.74, 6) is -0.314. The van der Waals surface area contributed by atoms with Crippen molar-refractivity contribution in [2.75, 3.05) is 4.90 Å². The van der Waals surface area contributed by atoms with Crippen LogP contribution in [0, 0.1) is 5.82 Å². The van der Waals surface area contributed by atoms with Crippen molar-refractivity contribution in [3.63, 3.8) is 0 Å². The molecule has 0 saturated carbocycles. The number of nitrogens with zero attached hydrogens (tertiary/aromatic N) is 1. The number of benzene rings is 1. The summed E-state index contributed by atoms with van der Waals surface area (Å²) in [5.41, 5.74) is 1.68. The molecule has 17 heavy (non-hydrogen) atoms. The Bertz CT molecular complexity index is 490. The normalized spacial score (nSPS) is 19.1. The smallest absolute Gasteiger partial charge is 0.224 e. The lowest BCUT2D eigenvalue weighted by Gasteiger charge is -2.35. The van der Waals surface area contributed by atoms with E-state index in [2.05, 4.69) is 31.9 Å². The van der Waals surface area contributed by atoms with Gasteiger partial charge in [-0.15, -0.1) is 0 Å². The Kier molecular flexibility index (Phi) is 3.59. The second kappa shape index (κ2) is 4.69. The molecule has 1 aliphatic rings. The molecule has 1 atom stereocenters. The van der Waals surface area contributed by atoms with Gasteiger partial charge in [0, 0.05) is 18.7 Å². The first-order chi connectivity index (χ1) is 7.93. The molecule has 1 amide bonds. The van der Waals surface area contributed by atoms with Crippen LogP contribution in [0.4, 0.5) is 10.1 Å². The van der Waals surface area contributed by atoms with E-state index in [0.717, 1.165) is 24.1 Å². The Morgan fingerprint density at radius 1 is 1.53 bits per heavy atom. The molecule has 0 aromatic heterocycles. The molecular formula is C12H12Br2FNO. The Labute approximate surface area is 116 Å². The second-order valence-corrected chi connectivity index (χ2v) is 5.91. The van der Waals surface area contributed by atoms with Gasteiger partial charge in [0.25, 0.3) is 0 Å². The molecule has 0 bridgehead atoms. The Balaban J connectivity index is 2.64. The van der Waals surface area contributed by atoms with Crippen molar-refractivity contribution in [1.82, 2.24) is 0 Å². The van der Waals surface area contributed by atoms with Crippen LogP contribution in [-0.2, 0) is 11.2 Å². The summed E-state index contributed by atoms with van der Waals surface area (Å²) in [6, 6.07) is 1.84. The van der Waals surface area contributed by atoms with Crippen molar-refractivity contribution in [3.8, 4) is 0 Å². The summed E-state index contributed by atoms with van der Waals surface area (Å²) < 4.78 is 14.6. The maximum absolute atomic E-state index is 13.7. The molecule has 0 N–H and O–H groups in total. The van der Waals surface area contributed by atoms with Crippen LogP contribution >= 0.6 is 31.9 Å². The van der Waals surface area contributed by atoms with E-state index in [1.165, 1.54) is 6.92 Å². The van der Waals surface area contributed by atoms with Crippen LogP contribution in [0.1, 0.15) is 25.8 Å². The van der Waals surface area contributed by atoms with Gasteiger partial charge in [-0.1, -0.05) is 0 Å². The highest BCUT2D eigenvalue weighted by molar-refractivity contribution is 9.11. The van der Waals surface area contributed by atoms with Crippen LogP contribution in [-0.4, -0.2) is 11.9 Å². The van der Waals surface area contributed by atoms with E-state index in [1.807, 2.05) is 6.92 Å². The van der Waals surface area contributed by atoms with E-state index in [1.54, 1.807) is 11.0 Å². The average molecular weight is 365 g/mol. The van der Waals surface area contributed by atoms with E-state index >= 15 is 0 Å². The fourth-order valence-electron chi connectivity index (χ4n) is 2.27. The molecule has 1 aromatic rings. The molecule has 0 radical (unpaired) electrons. The number of hydrogen-bond donors (Lipinski definition) is 0. The zero-order valence-electron chi connectivity index (χ0n) is 9.56. The fraction of sp³-hybridized carbons (Fsp3) is 0.417. The van der Waals surface area contributed by atoms with Crippen LogP contribution < -0.4 is 4.90 Å². The van der Waals surface area contributed by atoms with Crippen molar-refractivity contribution < 1.29 is 9.18 Å². The van der Waals surface area contributed by atoms with Crippen molar-refractivity contribution in [3.05, 3.63) is 26.4 Å². The number of amides is 1. The number of carbonyl (C=O) groups excluding carboxylic acids is 1. The van der Waals surface area contributed by atoms with Gasteiger partial charge in [0.15, 0.2) is 5.82 Å². The van der Waals surface area contributed by atoms with E-state index < -0.39 is 0 Å². The molecular weight excluding hydrogens is 353 g/mol. The third-order valence-electron chi connectivity index (χ3n) is 3.09. The number of fused-ring (bicyclic) bond motifs is 1. The standard InChI is InChI=1S/C12H12Br2FNO/c1-6-3-4-8-10(16(6)7(2)17)5-9(13)12(15)11(8)14/h5-6H,3-4H2,1-2H3. The maximum Gasteiger partial charge on any atom is 0.224 e. The largest absolute Gasteiger partial charge is 0.310 e. The van der Waals surface area contributed by atoms with Crippen LogP contribution in [0.2, 0.25) is 0 Å². The van der Waals surface area contributed by atoms with E-state index in [9.17, 15) is 9.18 Å². The van der Waals surface area contributed by atoms with Gasteiger partial charge in [0.2, 0.25) is 5.91 Å². The van der Waals surface area contributed by atoms with Gasteiger partial charge < -0.3 is 4.90 Å². The maximum atomic E-state index is 13.7. The molecule has 0 saturated heterocycles. The molecule has 0 aliphatic carbocycles.